The fourth-order valence-electron chi connectivity index (χ4n) is 2.03. The third kappa shape index (κ3) is 14.7. The van der Waals surface area contributed by atoms with Gasteiger partial charge in [0.25, 0.3) is 0 Å². The van der Waals surface area contributed by atoms with Crippen LogP contribution in [0, 0.1) is 0 Å². The van der Waals surface area contributed by atoms with Gasteiger partial charge in [0.2, 0.25) is 0 Å². The molecule has 4 heteroatoms. The van der Waals surface area contributed by atoms with E-state index in [1.807, 2.05) is 41.5 Å². The van der Waals surface area contributed by atoms with Crippen molar-refractivity contribution in [2.45, 2.75) is 93.8 Å². The van der Waals surface area contributed by atoms with Crippen LogP contribution in [0.25, 0.3) is 0 Å². The SMILES string of the molecule is CC.CC.CC.CC(C)(C)c1ncco1.CC1CN(C)CC(C)O1. The number of likely N-dealkylation sites (N-methyl/N-ethyl adjacent to an activating group) is 1. The smallest absolute Gasteiger partial charge is 0.199 e. The van der Waals surface area contributed by atoms with Crippen LogP contribution in [0.3, 0.4) is 0 Å². The normalized spacial score (nSPS) is 19.8. The van der Waals surface area contributed by atoms with Crippen LogP contribution in [0.1, 0.15) is 82.1 Å². The summed E-state index contributed by atoms with van der Waals surface area (Å²) in [4.78, 5) is 6.33. The number of oxazole rings is 1. The van der Waals surface area contributed by atoms with Gasteiger partial charge in [0.05, 0.1) is 18.4 Å². The van der Waals surface area contributed by atoms with E-state index in [4.69, 9.17) is 9.15 Å². The number of ether oxygens (including phenoxy) is 1. The molecule has 0 bridgehead atoms. The molecule has 1 aromatic heterocycles. The van der Waals surface area contributed by atoms with Gasteiger partial charge < -0.3 is 14.1 Å². The largest absolute Gasteiger partial charge is 0.448 e. The Morgan fingerprint density at radius 2 is 1.38 bits per heavy atom. The minimum absolute atomic E-state index is 0.0451. The lowest BCUT2D eigenvalue weighted by molar-refractivity contribution is -0.0602. The number of morpholine rings is 1. The van der Waals surface area contributed by atoms with Crippen molar-refractivity contribution in [3.63, 3.8) is 0 Å². The van der Waals surface area contributed by atoms with Gasteiger partial charge in [0, 0.05) is 18.5 Å². The van der Waals surface area contributed by atoms with Gasteiger partial charge >= 0.3 is 0 Å². The van der Waals surface area contributed by atoms with Gasteiger partial charge in [-0.15, -0.1) is 0 Å². The molecule has 0 amide bonds. The highest BCUT2D eigenvalue weighted by Crippen LogP contribution is 2.18. The van der Waals surface area contributed by atoms with Crippen molar-refractivity contribution < 1.29 is 9.15 Å². The zero-order valence-corrected chi connectivity index (χ0v) is 18.4. The van der Waals surface area contributed by atoms with Gasteiger partial charge in [-0.3, -0.25) is 0 Å². The quantitative estimate of drug-likeness (QED) is 0.598. The highest BCUT2D eigenvalue weighted by atomic mass is 16.5. The molecular formula is C20H44N2O2. The Bertz CT molecular complexity index is 307. The van der Waals surface area contributed by atoms with Crippen molar-refractivity contribution in [2.24, 2.45) is 0 Å². The van der Waals surface area contributed by atoms with Gasteiger partial charge in [0.1, 0.15) is 6.26 Å². The Balaban J connectivity index is -0.000000281. The van der Waals surface area contributed by atoms with Gasteiger partial charge in [-0.05, 0) is 20.9 Å². The molecule has 2 unspecified atom stereocenters. The fourth-order valence-corrected chi connectivity index (χ4v) is 2.03. The van der Waals surface area contributed by atoms with E-state index >= 15 is 0 Å². The molecule has 1 aliphatic rings. The molecule has 24 heavy (non-hydrogen) atoms. The summed E-state index contributed by atoms with van der Waals surface area (Å²) in [5.41, 5.74) is 0.0451. The summed E-state index contributed by atoms with van der Waals surface area (Å²) in [5.74, 6) is 0.794. The zero-order chi connectivity index (χ0) is 19.8. The molecule has 0 radical (unpaired) electrons. The fraction of sp³-hybridized carbons (Fsp3) is 0.850. The molecule has 1 aliphatic heterocycles. The summed E-state index contributed by atoms with van der Waals surface area (Å²) < 4.78 is 10.6. The molecular weight excluding hydrogens is 300 g/mol. The van der Waals surface area contributed by atoms with E-state index < -0.39 is 0 Å². The summed E-state index contributed by atoms with van der Waals surface area (Å²) in [7, 11) is 2.13. The van der Waals surface area contributed by atoms with Crippen molar-refractivity contribution in [1.29, 1.82) is 0 Å². The number of rotatable bonds is 0. The molecule has 1 fully saturated rings. The van der Waals surface area contributed by atoms with E-state index in [1.54, 1.807) is 12.5 Å². The average Bonchev–Trinajstić information content (AvgIpc) is 3.07. The second-order valence-electron chi connectivity index (χ2n) is 6.07. The molecule has 0 spiro atoms. The predicted octanol–water partition coefficient (Wildman–Crippen LogP) is 5.78. The highest BCUT2D eigenvalue weighted by molar-refractivity contribution is 4.95. The molecule has 0 saturated carbocycles. The maximum Gasteiger partial charge on any atom is 0.199 e. The molecule has 2 atom stereocenters. The Kier molecular flexibility index (Phi) is 19.8. The summed E-state index contributed by atoms with van der Waals surface area (Å²) in [6.45, 7) is 24.6. The first-order valence-corrected chi connectivity index (χ1v) is 9.53. The van der Waals surface area contributed by atoms with E-state index in [-0.39, 0.29) is 5.41 Å². The second kappa shape index (κ2) is 17.0. The molecule has 0 aliphatic carbocycles. The van der Waals surface area contributed by atoms with Crippen molar-refractivity contribution in [3.8, 4) is 0 Å². The second-order valence-corrected chi connectivity index (χ2v) is 6.07. The molecule has 1 saturated heterocycles. The monoisotopic (exact) mass is 344 g/mol. The molecule has 1 aromatic rings. The van der Waals surface area contributed by atoms with Crippen LogP contribution in [0.4, 0.5) is 0 Å². The maximum absolute atomic E-state index is 5.51. The third-order valence-corrected chi connectivity index (χ3v) is 2.68. The van der Waals surface area contributed by atoms with E-state index in [1.165, 1.54) is 0 Å². The van der Waals surface area contributed by atoms with Gasteiger partial charge in [0.15, 0.2) is 5.89 Å². The van der Waals surface area contributed by atoms with Crippen LogP contribution >= 0.6 is 0 Å². The van der Waals surface area contributed by atoms with Crippen LogP contribution in [0.2, 0.25) is 0 Å². The number of nitrogens with zero attached hydrogens (tertiary/aromatic N) is 2. The summed E-state index contributed by atoms with van der Waals surface area (Å²) >= 11 is 0. The highest BCUT2D eigenvalue weighted by Gasteiger charge is 2.18. The minimum atomic E-state index is 0.0451. The lowest BCUT2D eigenvalue weighted by Crippen LogP contribution is -2.42. The van der Waals surface area contributed by atoms with E-state index in [9.17, 15) is 0 Å². The maximum atomic E-state index is 5.51. The van der Waals surface area contributed by atoms with E-state index in [0.29, 0.717) is 12.2 Å². The van der Waals surface area contributed by atoms with Crippen LogP contribution < -0.4 is 0 Å². The van der Waals surface area contributed by atoms with Crippen LogP contribution in [0.5, 0.6) is 0 Å². The Morgan fingerprint density at radius 1 is 0.958 bits per heavy atom. The Labute approximate surface area is 152 Å². The summed E-state index contributed by atoms with van der Waals surface area (Å²) in [5, 5.41) is 0. The molecule has 146 valence electrons. The first-order chi connectivity index (χ1) is 11.3. The predicted molar refractivity (Wildman–Crippen MR) is 107 cm³/mol. The van der Waals surface area contributed by atoms with Crippen molar-refractivity contribution >= 4 is 0 Å². The Morgan fingerprint density at radius 3 is 1.58 bits per heavy atom. The number of hydrogen-bond donors (Lipinski definition) is 0. The van der Waals surface area contributed by atoms with Crippen molar-refractivity contribution in [2.75, 3.05) is 20.1 Å². The van der Waals surface area contributed by atoms with Gasteiger partial charge in [-0.1, -0.05) is 62.3 Å². The first kappa shape index (κ1) is 28.0. The minimum Gasteiger partial charge on any atom is -0.448 e. The lowest BCUT2D eigenvalue weighted by atomic mass is 9.97. The molecule has 4 nitrogen and oxygen atoms in total. The average molecular weight is 345 g/mol. The first-order valence-electron chi connectivity index (χ1n) is 9.53. The zero-order valence-electron chi connectivity index (χ0n) is 18.4. The standard InChI is InChI=1S/C7H15NO.C7H11NO.3C2H6/c1-6-4-8(3)5-7(2)9-6;1-7(2,3)6-8-4-5-9-6;3*1-2/h6-7H,4-5H2,1-3H3;4-5H,1-3H3;3*1-2H3. The topological polar surface area (TPSA) is 38.5 Å². The van der Waals surface area contributed by atoms with E-state index in [0.717, 1.165) is 19.0 Å². The van der Waals surface area contributed by atoms with Crippen molar-refractivity contribution in [1.82, 2.24) is 9.88 Å². The van der Waals surface area contributed by atoms with Gasteiger partial charge in [-0.2, -0.15) is 0 Å². The number of aromatic nitrogens is 1. The molecule has 0 aromatic carbocycles. The summed E-state index contributed by atoms with van der Waals surface area (Å²) in [6.07, 6.45) is 4.10. The van der Waals surface area contributed by atoms with E-state index in [2.05, 4.69) is 51.6 Å². The summed E-state index contributed by atoms with van der Waals surface area (Å²) in [6, 6.07) is 0. The van der Waals surface area contributed by atoms with Gasteiger partial charge in [-0.25, -0.2) is 4.98 Å². The third-order valence-electron chi connectivity index (χ3n) is 2.68. The van der Waals surface area contributed by atoms with Crippen LogP contribution in [-0.4, -0.2) is 42.2 Å². The van der Waals surface area contributed by atoms with Crippen molar-refractivity contribution in [3.05, 3.63) is 18.4 Å². The lowest BCUT2D eigenvalue weighted by Gasteiger charge is -2.32. The number of hydrogen-bond acceptors (Lipinski definition) is 4. The molecule has 2 rings (SSSR count). The van der Waals surface area contributed by atoms with Crippen LogP contribution in [0.15, 0.2) is 16.9 Å². The molecule has 0 N–H and O–H groups in total. The Hall–Kier alpha value is -0.870. The molecule has 2 heterocycles. The van der Waals surface area contributed by atoms with Crippen LogP contribution in [-0.2, 0) is 10.2 Å².